The number of amides is 1. The average molecular weight is 352 g/mol. The van der Waals surface area contributed by atoms with Gasteiger partial charge in [-0.3, -0.25) is 4.79 Å². The summed E-state index contributed by atoms with van der Waals surface area (Å²) in [6.07, 6.45) is 1.91. The zero-order valence-corrected chi connectivity index (χ0v) is 14.9. The van der Waals surface area contributed by atoms with E-state index in [0.29, 0.717) is 31.6 Å². The van der Waals surface area contributed by atoms with Gasteiger partial charge in [-0.1, -0.05) is 17.7 Å². The molecule has 2 aliphatic rings. The number of rotatable bonds is 3. The summed E-state index contributed by atoms with van der Waals surface area (Å²) in [6.45, 7) is 3.54. The fourth-order valence-electron chi connectivity index (χ4n) is 3.95. The molecule has 7 heteroatoms. The van der Waals surface area contributed by atoms with E-state index in [0.717, 1.165) is 5.56 Å². The molecule has 2 saturated heterocycles. The van der Waals surface area contributed by atoms with Gasteiger partial charge in [0.05, 0.1) is 12.9 Å². The van der Waals surface area contributed by atoms with Crippen LogP contribution in [0.2, 0.25) is 0 Å². The van der Waals surface area contributed by atoms with Crippen LogP contribution in [0, 0.1) is 18.3 Å². The largest absolute Gasteiger partial charge is 0.396 e. The third-order valence-electron chi connectivity index (χ3n) is 5.37. The number of sulfonamides is 1. The Balaban J connectivity index is 1.82. The molecule has 2 aliphatic heterocycles. The summed E-state index contributed by atoms with van der Waals surface area (Å²) in [5.41, 5.74) is 1.11. The number of carbonyl (C=O) groups excluding carboxylic acids is 1. The van der Waals surface area contributed by atoms with Crippen molar-refractivity contribution in [2.75, 3.05) is 39.0 Å². The van der Waals surface area contributed by atoms with Crippen LogP contribution < -0.4 is 0 Å². The third-order valence-corrected chi connectivity index (χ3v) is 6.59. The molecule has 1 aromatic carbocycles. The van der Waals surface area contributed by atoms with E-state index in [9.17, 15) is 18.3 Å². The predicted molar refractivity (Wildman–Crippen MR) is 91.1 cm³/mol. The zero-order valence-electron chi connectivity index (χ0n) is 14.1. The van der Waals surface area contributed by atoms with E-state index in [2.05, 4.69) is 0 Å². The molecule has 0 saturated carbocycles. The lowest BCUT2D eigenvalue weighted by Crippen LogP contribution is -2.52. The Morgan fingerprint density at radius 2 is 2.12 bits per heavy atom. The molecule has 1 amide bonds. The molecule has 2 fully saturated rings. The summed E-state index contributed by atoms with van der Waals surface area (Å²) in [6, 6.07) is 7.46. The van der Waals surface area contributed by atoms with Crippen LogP contribution in [0.4, 0.5) is 0 Å². The molecule has 0 spiro atoms. The molecule has 1 N–H and O–H groups in total. The van der Waals surface area contributed by atoms with Crippen molar-refractivity contribution in [2.45, 2.75) is 13.3 Å². The van der Waals surface area contributed by atoms with Crippen molar-refractivity contribution >= 4 is 15.9 Å². The molecule has 24 heavy (non-hydrogen) atoms. The van der Waals surface area contributed by atoms with Crippen LogP contribution >= 0.6 is 0 Å². The summed E-state index contributed by atoms with van der Waals surface area (Å²) < 4.78 is 25.2. The number of carbonyl (C=O) groups is 1. The van der Waals surface area contributed by atoms with Crippen molar-refractivity contribution in [2.24, 2.45) is 11.3 Å². The van der Waals surface area contributed by atoms with Crippen LogP contribution in [0.3, 0.4) is 0 Å². The van der Waals surface area contributed by atoms with Gasteiger partial charge >= 0.3 is 0 Å². The summed E-state index contributed by atoms with van der Waals surface area (Å²) in [4.78, 5) is 14.5. The molecule has 2 unspecified atom stereocenters. The molecule has 6 nitrogen and oxygen atoms in total. The van der Waals surface area contributed by atoms with Crippen molar-refractivity contribution in [3.63, 3.8) is 0 Å². The number of likely N-dealkylation sites (tertiary alicyclic amines) is 1. The maximum absolute atomic E-state index is 12.8. The van der Waals surface area contributed by atoms with E-state index in [1.807, 2.05) is 25.1 Å². The molecule has 0 radical (unpaired) electrons. The Hall–Kier alpha value is -1.44. The van der Waals surface area contributed by atoms with Gasteiger partial charge in [0.15, 0.2) is 0 Å². The minimum absolute atomic E-state index is 0.0530. The smallest absolute Gasteiger partial charge is 0.253 e. The number of aryl methyl sites for hydroxylation is 1. The molecule has 0 aromatic heterocycles. The van der Waals surface area contributed by atoms with Gasteiger partial charge in [-0.05, 0) is 31.4 Å². The second kappa shape index (κ2) is 6.13. The van der Waals surface area contributed by atoms with Gasteiger partial charge in [-0.25, -0.2) is 12.7 Å². The van der Waals surface area contributed by atoms with Gasteiger partial charge in [0, 0.05) is 37.2 Å². The number of benzene rings is 1. The molecular formula is C17H24N2O4S. The van der Waals surface area contributed by atoms with Gasteiger partial charge in [0.25, 0.3) is 5.91 Å². The second-order valence-corrected chi connectivity index (χ2v) is 9.14. The van der Waals surface area contributed by atoms with Crippen molar-refractivity contribution in [3.8, 4) is 0 Å². The highest BCUT2D eigenvalue weighted by Crippen LogP contribution is 2.42. The first kappa shape index (κ1) is 17.4. The number of hydrogen-bond acceptors (Lipinski definition) is 4. The Kier molecular flexibility index (Phi) is 4.44. The standard InChI is InChI=1S/C17H24N2O4S/c1-13-4-3-5-14(8-13)16(21)18-7-6-15-9-19(24(2,22)23)11-17(15,10-18)12-20/h3-5,8,15,20H,6-7,9-12H2,1-2H3. The molecule has 1 aromatic rings. The molecule has 2 atom stereocenters. The van der Waals surface area contributed by atoms with Gasteiger partial charge in [-0.2, -0.15) is 0 Å². The van der Waals surface area contributed by atoms with E-state index in [-0.39, 0.29) is 25.0 Å². The maximum Gasteiger partial charge on any atom is 0.253 e. The van der Waals surface area contributed by atoms with Crippen LogP contribution in [0.5, 0.6) is 0 Å². The van der Waals surface area contributed by atoms with Crippen LogP contribution in [-0.2, 0) is 10.0 Å². The van der Waals surface area contributed by atoms with Crippen molar-refractivity contribution in [3.05, 3.63) is 35.4 Å². The summed E-state index contributed by atoms with van der Waals surface area (Å²) in [5, 5.41) is 9.99. The number of aliphatic hydroxyl groups is 1. The third kappa shape index (κ3) is 3.08. The highest BCUT2D eigenvalue weighted by atomic mass is 32.2. The van der Waals surface area contributed by atoms with Crippen molar-refractivity contribution in [1.29, 1.82) is 0 Å². The SMILES string of the molecule is Cc1cccc(C(=O)N2CCC3CN(S(C)(=O)=O)CC3(CO)C2)c1. The molecule has 132 valence electrons. The Morgan fingerprint density at radius 1 is 1.38 bits per heavy atom. The average Bonchev–Trinajstić information content (AvgIpc) is 2.93. The topological polar surface area (TPSA) is 77.9 Å². The number of piperidine rings is 1. The maximum atomic E-state index is 12.8. The van der Waals surface area contributed by atoms with Crippen molar-refractivity contribution < 1.29 is 18.3 Å². The monoisotopic (exact) mass is 352 g/mol. The first-order valence-corrected chi connectivity index (χ1v) is 10.0. The summed E-state index contributed by atoms with van der Waals surface area (Å²) in [5.74, 6) is 0.0431. The molecule has 0 bridgehead atoms. The van der Waals surface area contributed by atoms with E-state index in [4.69, 9.17) is 0 Å². The van der Waals surface area contributed by atoms with Crippen LogP contribution in [0.1, 0.15) is 22.3 Å². The highest BCUT2D eigenvalue weighted by molar-refractivity contribution is 7.88. The normalized spacial score (nSPS) is 28.0. The van der Waals surface area contributed by atoms with Crippen LogP contribution in [-0.4, -0.2) is 67.7 Å². The minimum Gasteiger partial charge on any atom is -0.396 e. The van der Waals surface area contributed by atoms with E-state index in [1.165, 1.54) is 10.6 Å². The lowest BCUT2D eigenvalue weighted by atomic mass is 9.74. The fraction of sp³-hybridized carbons (Fsp3) is 0.588. The first-order valence-electron chi connectivity index (χ1n) is 8.17. The number of aliphatic hydroxyl groups excluding tert-OH is 1. The first-order chi connectivity index (χ1) is 11.2. The molecule has 0 aliphatic carbocycles. The Labute approximate surface area is 143 Å². The lowest BCUT2D eigenvalue weighted by molar-refractivity contribution is 0.0129. The molecule has 3 rings (SSSR count). The zero-order chi connectivity index (χ0) is 17.5. The van der Waals surface area contributed by atoms with Crippen LogP contribution in [0.25, 0.3) is 0 Å². The number of hydrogen-bond donors (Lipinski definition) is 1. The van der Waals surface area contributed by atoms with Crippen molar-refractivity contribution in [1.82, 2.24) is 9.21 Å². The minimum atomic E-state index is -3.29. The summed E-state index contributed by atoms with van der Waals surface area (Å²) >= 11 is 0. The molecular weight excluding hydrogens is 328 g/mol. The van der Waals surface area contributed by atoms with Gasteiger partial charge in [0.1, 0.15) is 0 Å². The van der Waals surface area contributed by atoms with E-state index < -0.39 is 15.4 Å². The van der Waals surface area contributed by atoms with E-state index in [1.54, 1.807) is 11.0 Å². The fourth-order valence-corrected chi connectivity index (χ4v) is 4.89. The van der Waals surface area contributed by atoms with Gasteiger partial charge in [-0.15, -0.1) is 0 Å². The highest BCUT2D eigenvalue weighted by Gasteiger charge is 2.52. The predicted octanol–water partition coefficient (Wildman–Crippen LogP) is 0.711. The van der Waals surface area contributed by atoms with Gasteiger partial charge in [0.2, 0.25) is 10.0 Å². The van der Waals surface area contributed by atoms with Gasteiger partial charge < -0.3 is 10.0 Å². The molecule has 2 heterocycles. The Morgan fingerprint density at radius 3 is 2.75 bits per heavy atom. The quantitative estimate of drug-likeness (QED) is 0.869. The number of fused-ring (bicyclic) bond motifs is 1. The second-order valence-electron chi connectivity index (χ2n) is 7.16. The lowest BCUT2D eigenvalue weighted by Gasteiger charge is -2.43. The van der Waals surface area contributed by atoms with E-state index >= 15 is 0 Å². The van der Waals surface area contributed by atoms with Crippen LogP contribution in [0.15, 0.2) is 24.3 Å². The summed E-state index contributed by atoms with van der Waals surface area (Å²) in [7, 11) is -3.29. The Bertz CT molecular complexity index is 749. The number of nitrogens with zero attached hydrogens (tertiary/aromatic N) is 2.